The summed E-state index contributed by atoms with van der Waals surface area (Å²) in [6.07, 6.45) is 0.174. The van der Waals surface area contributed by atoms with Gasteiger partial charge in [0.15, 0.2) is 5.78 Å². The van der Waals surface area contributed by atoms with E-state index < -0.39 is 0 Å². The van der Waals surface area contributed by atoms with Crippen LogP contribution in [0.15, 0.2) is 91.0 Å². The summed E-state index contributed by atoms with van der Waals surface area (Å²) in [5, 5.41) is 2.94. The largest absolute Gasteiger partial charge is 0.426 e. The average Bonchev–Trinajstić information content (AvgIpc) is 3.10. The second-order valence-corrected chi connectivity index (χ2v) is 8.56. The number of esters is 1. The van der Waals surface area contributed by atoms with E-state index in [1.54, 1.807) is 13.0 Å². The Morgan fingerprint density at radius 3 is 2.35 bits per heavy atom. The van der Waals surface area contributed by atoms with Gasteiger partial charge in [0.1, 0.15) is 5.75 Å². The van der Waals surface area contributed by atoms with Crippen LogP contribution < -0.4 is 4.74 Å². The highest BCUT2D eigenvalue weighted by molar-refractivity contribution is 6.09. The van der Waals surface area contributed by atoms with E-state index >= 15 is 0 Å². The molecule has 5 aromatic rings. The highest BCUT2D eigenvalue weighted by Gasteiger charge is 2.19. The van der Waals surface area contributed by atoms with Crippen molar-refractivity contribution in [3.63, 3.8) is 0 Å². The molecular weight excluding hydrogens is 422 g/mol. The first-order chi connectivity index (χ1) is 16.5. The standard InChI is InChI=1S/C30H25NO3/c1-20-30(21(2)32)27-18-25(15-16-28(27)31(20)19-22-9-4-3-5-10-22)34-29(33)17-24-13-8-12-23-11-6-7-14-26(23)24/h3-16,18H,17,19H2,1-2H3. The molecule has 0 aliphatic rings. The molecule has 0 fully saturated rings. The van der Waals surface area contributed by atoms with Gasteiger partial charge in [-0.2, -0.15) is 0 Å². The lowest BCUT2D eigenvalue weighted by molar-refractivity contribution is -0.133. The second-order valence-electron chi connectivity index (χ2n) is 8.56. The third-order valence-electron chi connectivity index (χ3n) is 6.28. The first-order valence-corrected chi connectivity index (χ1v) is 11.4. The van der Waals surface area contributed by atoms with Gasteiger partial charge in [0.25, 0.3) is 0 Å². The lowest BCUT2D eigenvalue weighted by atomic mass is 10.0. The maximum Gasteiger partial charge on any atom is 0.315 e. The first-order valence-electron chi connectivity index (χ1n) is 11.4. The van der Waals surface area contributed by atoms with E-state index in [2.05, 4.69) is 16.7 Å². The fourth-order valence-corrected chi connectivity index (χ4v) is 4.71. The van der Waals surface area contributed by atoms with Crippen LogP contribution in [-0.4, -0.2) is 16.3 Å². The number of ketones is 1. The number of Topliss-reactive ketones (excluding diaryl/α,β-unsaturated/α-hetero) is 1. The van der Waals surface area contributed by atoms with Crippen LogP contribution in [0, 0.1) is 6.92 Å². The summed E-state index contributed by atoms with van der Waals surface area (Å²) >= 11 is 0. The molecule has 1 heterocycles. The zero-order chi connectivity index (χ0) is 23.7. The zero-order valence-corrected chi connectivity index (χ0v) is 19.2. The molecule has 0 atom stereocenters. The molecule has 4 heteroatoms. The van der Waals surface area contributed by atoms with Crippen LogP contribution in [0.3, 0.4) is 0 Å². The zero-order valence-electron chi connectivity index (χ0n) is 19.2. The molecule has 1 aromatic heterocycles. The maximum absolute atomic E-state index is 12.8. The van der Waals surface area contributed by atoms with E-state index in [1.165, 1.54) is 0 Å². The lowest BCUT2D eigenvalue weighted by Crippen LogP contribution is -2.11. The summed E-state index contributed by atoms with van der Waals surface area (Å²) in [4.78, 5) is 25.3. The molecule has 4 aromatic carbocycles. The molecule has 4 nitrogen and oxygen atoms in total. The number of nitrogens with zero attached hydrogens (tertiary/aromatic N) is 1. The van der Waals surface area contributed by atoms with Crippen LogP contribution in [0.5, 0.6) is 5.75 Å². The topological polar surface area (TPSA) is 48.3 Å². The summed E-state index contributed by atoms with van der Waals surface area (Å²) in [6.45, 7) is 4.20. The van der Waals surface area contributed by atoms with Gasteiger partial charge >= 0.3 is 5.97 Å². The Labute approximate surface area is 198 Å². The van der Waals surface area contributed by atoms with Crippen LogP contribution in [0.1, 0.15) is 34.1 Å². The predicted molar refractivity (Wildman–Crippen MR) is 136 cm³/mol. The van der Waals surface area contributed by atoms with Gasteiger partial charge in [-0.25, -0.2) is 0 Å². The maximum atomic E-state index is 12.8. The van der Waals surface area contributed by atoms with Crippen LogP contribution in [0.25, 0.3) is 21.7 Å². The molecule has 0 unspecified atom stereocenters. The Morgan fingerprint density at radius 2 is 1.56 bits per heavy atom. The Balaban J connectivity index is 1.46. The van der Waals surface area contributed by atoms with Crippen molar-refractivity contribution >= 4 is 33.4 Å². The SMILES string of the molecule is CC(=O)c1c(C)n(Cc2ccccc2)c2ccc(OC(=O)Cc3cccc4ccccc34)cc12. The summed E-state index contributed by atoms with van der Waals surface area (Å²) < 4.78 is 7.86. The third-order valence-corrected chi connectivity index (χ3v) is 6.28. The van der Waals surface area contributed by atoms with E-state index in [9.17, 15) is 9.59 Å². The summed E-state index contributed by atoms with van der Waals surface area (Å²) in [5.41, 5.74) is 4.60. The normalized spacial score (nSPS) is 11.1. The number of carbonyl (C=O) groups is 2. The molecule has 0 N–H and O–H groups in total. The number of hydrogen-bond acceptors (Lipinski definition) is 3. The number of fused-ring (bicyclic) bond motifs is 2. The first kappa shape index (κ1) is 21.7. The second kappa shape index (κ2) is 8.99. The molecule has 168 valence electrons. The number of carbonyl (C=O) groups excluding carboxylic acids is 2. The number of benzene rings is 4. The molecule has 0 amide bonds. The molecule has 0 bridgehead atoms. The highest BCUT2D eigenvalue weighted by Crippen LogP contribution is 2.31. The average molecular weight is 448 g/mol. The van der Waals surface area contributed by atoms with Crippen molar-refractivity contribution in [3.8, 4) is 5.75 Å². The van der Waals surface area contributed by atoms with Gasteiger partial charge in [0.2, 0.25) is 0 Å². The van der Waals surface area contributed by atoms with Gasteiger partial charge < -0.3 is 9.30 Å². The molecule has 0 saturated carbocycles. The van der Waals surface area contributed by atoms with Crippen molar-refractivity contribution in [3.05, 3.63) is 113 Å². The minimum atomic E-state index is -0.333. The van der Waals surface area contributed by atoms with E-state index in [0.717, 1.165) is 38.5 Å². The molecular formula is C30H25NO3. The summed E-state index contributed by atoms with van der Waals surface area (Å²) in [5.74, 6) is 0.103. The quantitative estimate of drug-likeness (QED) is 0.170. The van der Waals surface area contributed by atoms with E-state index in [1.807, 2.05) is 79.7 Å². The lowest BCUT2D eigenvalue weighted by Gasteiger charge is -2.10. The number of rotatable bonds is 6. The van der Waals surface area contributed by atoms with Gasteiger partial charge in [-0.3, -0.25) is 9.59 Å². The van der Waals surface area contributed by atoms with Crippen molar-refractivity contribution in [2.75, 3.05) is 0 Å². The van der Waals surface area contributed by atoms with Crippen LogP contribution in [0.4, 0.5) is 0 Å². The smallest absolute Gasteiger partial charge is 0.315 e. The molecule has 0 aliphatic heterocycles. The Kier molecular flexibility index (Phi) is 5.72. The van der Waals surface area contributed by atoms with Crippen molar-refractivity contribution in [1.82, 2.24) is 4.57 Å². The Hall–Kier alpha value is -4.18. The van der Waals surface area contributed by atoms with Gasteiger partial charge in [-0.1, -0.05) is 72.8 Å². The summed E-state index contributed by atoms with van der Waals surface area (Å²) in [6, 6.07) is 29.6. The summed E-state index contributed by atoms with van der Waals surface area (Å²) in [7, 11) is 0. The van der Waals surface area contributed by atoms with E-state index in [-0.39, 0.29) is 18.2 Å². The van der Waals surface area contributed by atoms with Gasteiger partial charge in [-0.05, 0) is 53.9 Å². The van der Waals surface area contributed by atoms with Crippen LogP contribution in [0.2, 0.25) is 0 Å². The third kappa shape index (κ3) is 4.11. The number of hydrogen-bond donors (Lipinski definition) is 0. The van der Waals surface area contributed by atoms with Crippen molar-refractivity contribution in [1.29, 1.82) is 0 Å². The molecule has 0 aliphatic carbocycles. The molecule has 5 rings (SSSR count). The van der Waals surface area contributed by atoms with Crippen molar-refractivity contribution < 1.29 is 14.3 Å². The van der Waals surface area contributed by atoms with E-state index in [0.29, 0.717) is 17.9 Å². The molecule has 0 radical (unpaired) electrons. The van der Waals surface area contributed by atoms with E-state index in [4.69, 9.17) is 4.74 Å². The van der Waals surface area contributed by atoms with Crippen LogP contribution in [-0.2, 0) is 17.8 Å². The molecule has 0 saturated heterocycles. The minimum absolute atomic E-state index is 0.00598. The fourth-order valence-electron chi connectivity index (χ4n) is 4.71. The molecule has 34 heavy (non-hydrogen) atoms. The fraction of sp³-hybridized carbons (Fsp3) is 0.133. The predicted octanol–water partition coefficient (Wildman–Crippen LogP) is 6.50. The molecule has 0 spiro atoms. The minimum Gasteiger partial charge on any atom is -0.426 e. The number of ether oxygens (including phenoxy) is 1. The van der Waals surface area contributed by atoms with Gasteiger partial charge in [0.05, 0.1) is 6.42 Å². The number of aromatic nitrogens is 1. The Bertz CT molecular complexity index is 1520. The monoisotopic (exact) mass is 447 g/mol. The highest BCUT2D eigenvalue weighted by atomic mass is 16.5. The van der Waals surface area contributed by atoms with Crippen molar-refractivity contribution in [2.24, 2.45) is 0 Å². The Morgan fingerprint density at radius 1 is 0.824 bits per heavy atom. The van der Waals surface area contributed by atoms with Gasteiger partial charge in [0, 0.05) is 28.7 Å². The van der Waals surface area contributed by atoms with Crippen molar-refractivity contribution in [2.45, 2.75) is 26.8 Å². The van der Waals surface area contributed by atoms with Gasteiger partial charge in [-0.15, -0.1) is 0 Å². The van der Waals surface area contributed by atoms with Crippen LogP contribution >= 0.6 is 0 Å².